The molecule has 0 bridgehead atoms. The molecule has 0 spiro atoms. The van der Waals surface area contributed by atoms with E-state index in [1.165, 1.54) is 69.2 Å². The average Bonchev–Trinajstić information content (AvgIpc) is 3.28. The number of hydrogen-bond acceptors (Lipinski definition) is 4. The molecule has 0 unspecified atom stereocenters. The second-order valence-electron chi connectivity index (χ2n) is 8.93. The zero-order valence-corrected chi connectivity index (χ0v) is 18.9. The van der Waals surface area contributed by atoms with Crippen molar-refractivity contribution in [3.05, 3.63) is 36.2 Å². The van der Waals surface area contributed by atoms with Gasteiger partial charge in [-0.1, -0.05) is 68.9 Å². The minimum absolute atomic E-state index is 0.694. The molecule has 0 atom stereocenters. The third kappa shape index (κ3) is 5.45. The summed E-state index contributed by atoms with van der Waals surface area (Å²) in [5.41, 5.74) is 1.02. The molecular formula is C24H35N5S. The summed E-state index contributed by atoms with van der Waals surface area (Å²) >= 11 is 6.03. The molecule has 2 saturated carbocycles. The first-order chi connectivity index (χ1) is 14.8. The summed E-state index contributed by atoms with van der Waals surface area (Å²) in [5.74, 6) is 0.934. The lowest BCUT2D eigenvalue weighted by atomic mass is 9.88. The van der Waals surface area contributed by atoms with Gasteiger partial charge in [0.15, 0.2) is 5.82 Å². The molecule has 0 aliphatic heterocycles. The number of para-hydroxylation sites is 1. The third-order valence-corrected chi connectivity index (χ3v) is 7.21. The lowest BCUT2D eigenvalue weighted by Gasteiger charge is -2.43. The van der Waals surface area contributed by atoms with Crippen molar-refractivity contribution in [3.63, 3.8) is 0 Å². The van der Waals surface area contributed by atoms with Crippen molar-refractivity contribution in [2.24, 2.45) is 0 Å². The van der Waals surface area contributed by atoms with E-state index in [0.29, 0.717) is 12.1 Å². The topological polar surface area (TPSA) is 46.8 Å². The van der Waals surface area contributed by atoms with Crippen LogP contribution in [0, 0.1) is 0 Å². The quantitative estimate of drug-likeness (QED) is 0.403. The van der Waals surface area contributed by atoms with E-state index in [4.69, 9.17) is 12.2 Å². The lowest BCUT2D eigenvalue weighted by Crippen LogP contribution is -2.48. The highest BCUT2D eigenvalue weighted by Gasteiger charge is 2.30. The fraction of sp³-hybridized carbons (Fsp3) is 0.667. The first-order valence-corrected chi connectivity index (χ1v) is 12.4. The minimum Gasteiger partial charge on any atom is -0.360 e. The number of nitrogens with zero attached hydrogens (tertiary/aromatic N) is 5. The normalized spacial score (nSPS) is 18.4. The first-order valence-electron chi connectivity index (χ1n) is 12.0. The Balaban J connectivity index is 1.31. The fourth-order valence-electron chi connectivity index (χ4n) is 5.24. The van der Waals surface area contributed by atoms with Crippen LogP contribution in [0.4, 0.5) is 0 Å². The van der Waals surface area contributed by atoms with Gasteiger partial charge in [0.1, 0.15) is 0 Å². The monoisotopic (exact) mass is 425 g/mol. The highest BCUT2D eigenvalue weighted by atomic mass is 32.1. The van der Waals surface area contributed by atoms with Crippen LogP contribution in [0.15, 0.2) is 30.3 Å². The molecule has 2 fully saturated rings. The van der Waals surface area contributed by atoms with Crippen LogP contribution in [0.3, 0.4) is 0 Å². The smallest absolute Gasteiger partial charge is 0.156 e. The predicted molar refractivity (Wildman–Crippen MR) is 125 cm³/mol. The molecule has 0 radical (unpaired) electrons. The van der Waals surface area contributed by atoms with E-state index in [0.717, 1.165) is 37.2 Å². The summed E-state index contributed by atoms with van der Waals surface area (Å²) < 4.78 is 1.86. The Labute approximate surface area is 186 Å². The molecule has 1 heterocycles. The molecule has 0 amide bonds. The fourth-order valence-corrected chi connectivity index (χ4v) is 5.69. The zero-order chi connectivity index (χ0) is 20.6. The molecule has 1 aromatic carbocycles. The molecule has 2 aromatic rings. The maximum absolute atomic E-state index is 6.03. The van der Waals surface area contributed by atoms with Crippen molar-refractivity contribution < 1.29 is 0 Å². The molecule has 1 aromatic heterocycles. The van der Waals surface area contributed by atoms with Crippen molar-refractivity contribution >= 4 is 17.2 Å². The van der Waals surface area contributed by atoms with E-state index in [1.54, 1.807) is 0 Å². The van der Waals surface area contributed by atoms with Crippen LogP contribution in [0.1, 0.15) is 89.3 Å². The lowest BCUT2D eigenvalue weighted by molar-refractivity contribution is 0.157. The summed E-state index contributed by atoms with van der Waals surface area (Å²) in [7, 11) is 0. The van der Waals surface area contributed by atoms with Crippen molar-refractivity contribution in [2.75, 3.05) is 0 Å². The first kappa shape index (κ1) is 21.4. The SMILES string of the molecule is S=C(CCCCc1nnnn1-c1ccccc1)N(C1CCCCC1)C1CCCCC1. The number of rotatable bonds is 8. The summed E-state index contributed by atoms with van der Waals surface area (Å²) in [5, 5.41) is 12.3. The van der Waals surface area contributed by atoms with E-state index in [1.807, 2.05) is 35.0 Å². The van der Waals surface area contributed by atoms with Gasteiger partial charge < -0.3 is 4.90 Å². The van der Waals surface area contributed by atoms with E-state index in [2.05, 4.69) is 20.4 Å². The molecule has 4 rings (SSSR count). The van der Waals surface area contributed by atoms with Crippen LogP contribution in [0.5, 0.6) is 0 Å². The number of aromatic nitrogens is 4. The molecule has 5 nitrogen and oxygen atoms in total. The van der Waals surface area contributed by atoms with Crippen molar-refractivity contribution in [2.45, 2.75) is 102 Å². The van der Waals surface area contributed by atoms with Gasteiger partial charge in [0.05, 0.1) is 10.7 Å². The van der Waals surface area contributed by atoms with Gasteiger partial charge in [0, 0.05) is 18.5 Å². The van der Waals surface area contributed by atoms with Gasteiger partial charge in [0.25, 0.3) is 0 Å². The largest absolute Gasteiger partial charge is 0.360 e. The van der Waals surface area contributed by atoms with E-state index >= 15 is 0 Å². The van der Waals surface area contributed by atoms with Gasteiger partial charge in [0.2, 0.25) is 0 Å². The number of benzene rings is 1. The summed E-state index contributed by atoms with van der Waals surface area (Å²) in [6.07, 6.45) is 17.7. The molecule has 0 saturated heterocycles. The summed E-state index contributed by atoms with van der Waals surface area (Å²) in [6, 6.07) is 11.5. The third-order valence-electron chi connectivity index (χ3n) is 6.80. The summed E-state index contributed by atoms with van der Waals surface area (Å²) in [4.78, 5) is 3.93. The average molecular weight is 426 g/mol. The van der Waals surface area contributed by atoms with Gasteiger partial charge in [-0.25, -0.2) is 0 Å². The zero-order valence-electron chi connectivity index (χ0n) is 18.1. The molecule has 6 heteroatoms. The highest BCUT2D eigenvalue weighted by molar-refractivity contribution is 7.80. The van der Waals surface area contributed by atoms with Crippen molar-refractivity contribution in [3.8, 4) is 5.69 Å². The van der Waals surface area contributed by atoms with Gasteiger partial charge in [-0.05, 0) is 67.5 Å². The number of tetrazole rings is 1. The Hall–Kier alpha value is -1.82. The predicted octanol–water partition coefficient (Wildman–Crippen LogP) is 5.67. The van der Waals surface area contributed by atoms with Crippen LogP contribution >= 0.6 is 12.2 Å². The molecule has 162 valence electrons. The number of aryl methyl sites for hydroxylation is 1. The van der Waals surface area contributed by atoms with Crippen molar-refractivity contribution in [1.82, 2.24) is 25.1 Å². The van der Waals surface area contributed by atoms with Crippen LogP contribution in [0.2, 0.25) is 0 Å². The van der Waals surface area contributed by atoms with Gasteiger partial charge >= 0.3 is 0 Å². The van der Waals surface area contributed by atoms with Crippen LogP contribution < -0.4 is 0 Å². The van der Waals surface area contributed by atoms with Gasteiger partial charge in [-0.3, -0.25) is 0 Å². The van der Waals surface area contributed by atoms with Crippen molar-refractivity contribution in [1.29, 1.82) is 0 Å². The number of hydrogen-bond donors (Lipinski definition) is 0. The summed E-state index contributed by atoms with van der Waals surface area (Å²) in [6.45, 7) is 0. The van der Waals surface area contributed by atoms with E-state index in [-0.39, 0.29) is 0 Å². The molecule has 2 aliphatic rings. The minimum atomic E-state index is 0.694. The Bertz CT molecular complexity index is 760. The van der Waals surface area contributed by atoms with Crippen LogP contribution in [-0.4, -0.2) is 42.2 Å². The second-order valence-corrected chi connectivity index (χ2v) is 9.41. The Morgan fingerprint density at radius 1 is 0.900 bits per heavy atom. The Morgan fingerprint density at radius 3 is 2.17 bits per heavy atom. The Morgan fingerprint density at radius 2 is 1.53 bits per heavy atom. The standard InChI is InChI=1S/C24H35N5S/c30-24(28(20-12-4-1-5-13-20)21-14-6-2-7-15-21)19-11-10-18-23-25-26-27-29(23)22-16-8-3-9-17-22/h3,8-9,16-17,20-21H,1-2,4-7,10-15,18-19H2. The van der Waals surface area contributed by atoms with E-state index in [9.17, 15) is 0 Å². The molecule has 30 heavy (non-hydrogen) atoms. The van der Waals surface area contributed by atoms with Crippen LogP contribution in [0.25, 0.3) is 5.69 Å². The van der Waals surface area contributed by atoms with Crippen LogP contribution in [-0.2, 0) is 6.42 Å². The van der Waals surface area contributed by atoms with E-state index < -0.39 is 0 Å². The number of unbranched alkanes of at least 4 members (excludes halogenated alkanes) is 1. The molecule has 0 N–H and O–H groups in total. The molecular weight excluding hydrogens is 390 g/mol. The number of thiocarbonyl (C=S) groups is 1. The Kier molecular flexibility index (Phi) is 7.84. The maximum atomic E-state index is 6.03. The van der Waals surface area contributed by atoms with Gasteiger partial charge in [-0.2, -0.15) is 4.68 Å². The highest BCUT2D eigenvalue weighted by Crippen LogP contribution is 2.31. The van der Waals surface area contributed by atoms with Gasteiger partial charge in [-0.15, -0.1) is 5.10 Å². The molecule has 2 aliphatic carbocycles. The second kappa shape index (κ2) is 11.0. The maximum Gasteiger partial charge on any atom is 0.156 e.